The molecule has 1 aliphatic rings. The molecule has 3 nitrogen and oxygen atoms in total. The van der Waals surface area contributed by atoms with Gasteiger partial charge in [-0.25, -0.2) is 4.98 Å². The van der Waals surface area contributed by atoms with E-state index in [0.717, 1.165) is 30.0 Å². The third-order valence-electron chi connectivity index (χ3n) is 4.36. The van der Waals surface area contributed by atoms with Gasteiger partial charge in [0.1, 0.15) is 0 Å². The maximum absolute atomic E-state index is 12.8. The molecule has 1 heterocycles. The van der Waals surface area contributed by atoms with Gasteiger partial charge in [-0.05, 0) is 39.8 Å². The smallest absolute Gasteiger partial charge is 0.159 e. The minimum Gasteiger partial charge on any atom is -0.297 e. The number of hydrogen-bond acceptors (Lipinski definition) is 4. The van der Waals surface area contributed by atoms with E-state index in [1.54, 1.807) is 11.3 Å². The van der Waals surface area contributed by atoms with Crippen LogP contribution in [0.4, 0.5) is 0 Å². The zero-order valence-electron chi connectivity index (χ0n) is 12.4. The van der Waals surface area contributed by atoms with Crippen molar-refractivity contribution < 1.29 is 4.79 Å². The highest BCUT2D eigenvalue weighted by Crippen LogP contribution is 2.37. The van der Waals surface area contributed by atoms with Crippen molar-refractivity contribution in [1.82, 2.24) is 9.88 Å². The Kier molecular flexibility index (Phi) is 4.41. The van der Waals surface area contributed by atoms with E-state index in [1.165, 1.54) is 6.42 Å². The lowest BCUT2D eigenvalue weighted by atomic mass is 9.72. The number of carbonyl (C=O) groups excluding carboxylic acids is 1. The molecular formula is C15H24N2OS. The molecule has 1 aliphatic carbocycles. The van der Waals surface area contributed by atoms with E-state index in [2.05, 4.69) is 16.8 Å². The van der Waals surface area contributed by atoms with E-state index < -0.39 is 0 Å². The molecule has 1 aromatic rings. The number of ketones is 1. The summed E-state index contributed by atoms with van der Waals surface area (Å²) >= 11 is 1.62. The van der Waals surface area contributed by atoms with Crippen molar-refractivity contribution in [3.05, 3.63) is 16.1 Å². The van der Waals surface area contributed by atoms with Crippen LogP contribution in [-0.4, -0.2) is 35.3 Å². The van der Waals surface area contributed by atoms with Gasteiger partial charge in [0, 0.05) is 5.38 Å². The van der Waals surface area contributed by atoms with Crippen molar-refractivity contribution in [1.29, 1.82) is 0 Å². The van der Waals surface area contributed by atoms with E-state index in [-0.39, 0.29) is 5.54 Å². The summed E-state index contributed by atoms with van der Waals surface area (Å²) in [5, 5.41) is 3.06. The summed E-state index contributed by atoms with van der Waals surface area (Å²) in [4.78, 5) is 19.4. The van der Waals surface area contributed by atoms with Crippen molar-refractivity contribution in [3.8, 4) is 0 Å². The molecule has 1 saturated carbocycles. The lowest BCUT2D eigenvalue weighted by Gasteiger charge is -2.43. The molecule has 0 aromatic carbocycles. The summed E-state index contributed by atoms with van der Waals surface area (Å²) in [6, 6.07) is 0. The summed E-state index contributed by atoms with van der Waals surface area (Å²) in [5.74, 6) is 0.978. The quantitative estimate of drug-likeness (QED) is 0.850. The molecule has 0 amide bonds. The van der Waals surface area contributed by atoms with Gasteiger partial charge in [0.2, 0.25) is 0 Å². The Hall–Kier alpha value is -0.740. The third-order valence-corrected chi connectivity index (χ3v) is 5.18. The summed E-state index contributed by atoms with van der Waals surface area (Å²) in [6.07, 6.45) is 4.86. The Bertz CT molecular complexity index is 455. The number of hydrogen-bond donors (Lipinski definition) is 0. The van der Waals surface area contributed by atoms with Crippen LogP contribution >= 0.6 is 11.3 Å². The molecule has 0 bridgehead atoms. The van der Waals surface area contributed by atoms with Gasteiger partial charge in [-0.3, -0.25) is 9.69 Å². The zero-order chi connectivity index (χ0) is 14.0. The van der Waals surface area contributed by atoms with Crippen LogP contribution in [0.15, 0.2) is 5.38 Å². The summed E-state index contributed by atoms with van der Waals surface area (Å²) < 4.78 is 0. The van der Waals surface area contributed by atoms with Gasteiger partial charge in [0.15, 0.2) is 5.78 Å². The van der Waals surface area contributed by atoms with Crippen LogP contribution in [0, 0.1) is 12.8 Å². The highest BCUT2D eigenvalue weighted by atomic mass is 32.1. The van der Waals surface area contributed by atoms with Gasteiger partial charge in [-0.1, -0.05) is 19.8 Å². The molecule has 1 fully saturated rings. The zero-order valence-corrected chi connectivity index (χ0v) is 13.2. The molecule has 106 valence electrons. The second-order valence-electron chi connectivity index (χ2n) is 6.09. The molecule has 19 heavy (non-hydrogen) atoms. The van der Waals surface area contributed by atoms with E-state index >= 15 is 0 Å². The van der Waals surface area contributed by atoms with Crippen molar-refractivity contribution in [2.75, 3.05) is 14.1 Å². The Morgan fingerprint density at radius 1 is 1.58 bits per heavy atom. The highest BCUT2D eigenvalue weighted by Gasteiger charge is 2.43. The molecule has 2 rings (SSSR count). The second-order valence-corrected chi connectivity index (χ2v) is 7.15. The van der Waals surface area contributed by atoms with Crippen molar-refractivity contribution >= 4 is 17.1 Å². The van der Waals surface area contributed by atoms with Crippen LogP contribution in [0.5, 0.6) is 0 Å². The molecule has 2 atom stereocenters. The number of aromatic nitrogens is 1. The van der Waals surface area contributed by atoms with Gasteiger partial charge in [0.25, 0.3) is 0 Å². The lowest BCUT2D eigenvalue weighted by Crippen LogP contribution is -2.54. The molecule has 0 N–H and O–H groups in total. The van der Waals surface area contributed by atoms with E-state index in [0.29, 0.717) is 18.1 Å². The fourth-order valence-electron chi connectivity index (χ4n) is 3.25. The number of nitrogens with zero attached hydrogens (tertiary/aromatic N) is 2. The molecule has 0 aliphatic heterocycles. The molecule has 2 unspecified atom stereocenters. The number of rotatable bonds is 4. The van der Waals surface area contributed by atoms with Gasteiger partial charge in [-0.15, -0.1) is 11.3 Å². The Morgan fingerprint density at radius 2 is 2.32 bits per heavy atom. The predicted molar refractivity (Wildman–Crippen MR) is 79.6 cm³/mol. The first-order chi connectivity index (χ1) is 8.94. The molecule has 0 radical (unpaired) electrons. The van der Waals surface area contributed by atoms with Crippen LogP contribution in [0.3, 0.4) is 0 Å². The first-order valence-electron chi connectivity index (χ1n) is 7.06. The largest absolute Gasteiger partial charge is 0.297 e. The second kappa shape index (κ2) is 5.71. The predicted octanol–water partition coefficient (Wildman–Crippen LogP) is 3.07. The van der Waals surface area contributed by atoms with Crippen LogP contribution in [-0.2, 0) is 11.2 Å². The molecule has 0 saturated heterocycles. The normalized spacial score (nSPS) is 27.7. The fraction of sp³-hybridized carbons (Fsp3) is 0.733. The van der Waals surface area contributed by atoms with Crippen LogP contribution in [0.2, 0.25) is 0 Å². The van der Waals surface area contributed by atoms with Crippen LogP contribution in [0.25, 0.3) is 0 Å². The number of thiazole rings is 1. The fourth-order valence-corrected chi connectivity index (χ4v) is 3.86. The number of carbonyl (C=O) groups is 1. The SMILES string of the molecule is Cc1nc(CC(=O)C2(N(C)C)CCCC(C)C2)cs1. The van der Waals surface area contributed by atoms with Crippen molar-refractivity contribution in [2.45, 2.75) is 51.5 Å². The minimum atomic E-state index is -0.269. The molecule has 1 aromatic heterocycles. The van der Waals surface area contributed by atoms with Crippen molar-refractivity contribution in [3.63, 3.8) is 0 Å². The van der Waals surface area contributed by atoms with Crippen LogP contribution in [0.1, 0.15) is 43.3 Å². The van der Waals surface area contributed by atoms with Gasteiger partial charge >= 0.3 is 0 Å². The first kappa shape index (κ1) is 14.7. The van der Waals surface area contributed by atoms with Crippen molar-refractivity contribution in [2.24, 2.45) is 5.92 Å². The highest BCUT2D eigenvalue weighted by molar-refractivity contribution is 7.09. The third kappa shape index (κ3) is 3.06. The van der Waals surface area contributed by atoms with E-state index in [9.17, 15) is 4.79 Å². The number of likely N-dealkylation sites (N-methyl/N-ethyl adjacent to an activating group) is 1. The number of aryl methyl sites for hydroxylation is 1. The minimum absolute atomic E-state index is 0.269. The monoisotopic (exact) mass is 280 g/mol. The molecule has 0 spiro atoms. The van der Waals surface area contributed by atoms with Gasteiger partial charge in [0.05, 0.1) is 22.7 Å². The van der Waals surface area contributed by atoms with Gasteiger partial charge < -0.3 is 0 Å². The number of Topliss-reactive ketones (excluding diaryl/α,β-unsaturated/α-hetero) is 1. The lowest BCUT2D eigenvalue weighted by molar-refractivity contribution is -0.132. The molecular weight excluding hydrogens is 256 g/mol. The van der Waals surface area contributed by atoms with Crippen LogP contribution < -0.4 is 0 Å². The van der Waals surface area contributed by atoms with E-state index in [4.69, 9.17) is 0 Å². The average molecular weight is 280 g/mol. The first-order valence-corrected chi connectivity index (χ1v) is 7.94. The summed E-state index contributed by atoms with van der Waals surface area (Å²) in [6.45, 7) is 4.25. The maximum atomic E-state index is 12.8. The topological polar surface area (TPSA) is 33.2 Å². The Balaban J connectivity index is 2.16. The van der Waals surface area contributed by atoms with Gasteiger partial charge in [-0.2, -0.15) is 0 Å². The average Bonchev–Trinajstić information content (AvgIpc) is 2.74. The Labute approximate surface area is 120 Å². The van der Waals surface area contributed by atoms with E-state index in [1.807, 2.05) is 26.4 Å². The Morgan fingerprint density at radius 3 is 2.84 bits per heavy atom. The summed E-state index contributed by atoms with van der Waals surface area (Å²) in [5.41, 5.74) is 0.668. The standard InChI is InChI=1S/C15H24N2OS/c1-11-6-5-7-15(9-11,17(3)4)14(18)8-13-10-19-12(2)16-13/h10-11H,5-9H2,1-4H3. The summed E-state index contributed by atoms with van der Waals surface area (Å²) in [7, 11) is 4.09. The molecule has 4 heteroatoms. The maximum Gasteiger partial charge on any atom is 0.159 e.